The molecule has 1 heterocycles. The number of aromatic carboxylic acids is 1. The maximum atomic E-state index is 12.2. The highest BCUT2D eigenvalue weighted by Crippen LogP contribution is 2.24. The molecule has 142 valence electrons. The van der Waals surface area contributed by atoms with E-state index in [1.165, 1.54) is 18.2 Å². The van der Waals surface area contributed by atoms with Crippen molar-refractivity contribution >= 4 is 23.5 Å². The number of carbonyl (C=O) groups is 2. The van der Waals surface area contributed by atoms with Gasteiger partial charge in [-0.05, 0) is 29.8 Å². The molecule has 0 fully saturated rings. The molecule has 2 N–H and O–H groups in total. The Morgan fingerprint density at radius 1 is 1.04 bits per heavy atom. The Hall–Kier alpha value is -3.45. The molecule has 0 bridgehead atoms. The third-order valence-corrected chi connectivity index (χ3v) is 4.33. The van der Waals surface area contributed by atoms with Crippen molar-refractivity contribution in [2.75, 3.05) is 0 Å². The molecular weight excluding hydrogens is 382 g/mol. The second-order valence-electron chi connectivity index (χ2n) is 5.97. The lowest BCUT2D eigenvalue weighted by Gasteiger charge is -2.09. The molecule has 28 heavy (non-hydrogen) atoms. The average Bonchev–Trinajstić information content (AvgIpc) is 2.69. The molecule has 3 rings (SSSR count). The van der Waals surface area contributed by atoms with E-state index in [9.17, 15) is 14.4 Å². The minimum Gasteiger partial charge on any atom is -0.478 e. The first-order valence-corrected chi connectivity index (χ1v) is 8.74. The van der Waals surface area contributed by atoms with Gasteiger partial charge in [0.05, 0.1) is 16.3 Å². The summed E-state index contributed by atoms with van der Waals surface area (Å²) in [7, 11) is 0. The fourth-order valence-corrected chi connectivity index (χ4v) is 2.77. The number of halogens is 1. The fraction of sp³-hybridized carbons (Fsp3) is 0.100. The molecule has 0 radical (unpaired) electrons. The van der Waals surface area contributed by atoms with Gasteiger partial charge in [-0.2, -0.15) is 5.10 Å². The third kappa shape index (κ3) is 4.63. The van der Waals surface area contributed by atoms with Crippen molar-refractivity contribution in [3.63, 3.8) is 0 Å². The van der Waals surface area contributed by atoms with E-state index < -0.39 is 17.4 Å². The standard InChI is InChI=1S/C20H16ClN3O4/c21-16-4-2-1-3-15(16)17-9-10-19(26)24(23-17)12-18(25)22-11-13-5-7-14(8-6-13)20(27)28/h1-10H,11-12H2,(H,22,25)(H,27,28). The van der Waals surface area contributed by atoms with Crippen LogP contribution < -0.4 is 10.9 Å². The van der Waals surface area contributed by atoms with Crippen molar-refractivity contribution in [3.8, 4) is 11.3 Å². The lowest BCUT2D eigenvalue weighted by atomic mass is 10.1. The van der Waals surface area contributed by atoms with Crippen LogP contribution in [-0.2, 0) is 17.9 Å². The number of rotatable bonds is 6. The van der Waals surface area contributed by atoms with Crippen LogP contribution in [0.4, 0.5) is 0 Å². The van der Waals surface area contributed by atoms with E-state index in [0.29, 0.717) is 16.3 Å². The van der Waals surface area contributed by atoms with Gasteiger partial charge in [-0.3, -0.25) is 9.59 Å². The normalized spacial score (nSPS) is 10.5. The van der Waals surface area contributed by atoms with Crippen LogP contribution in [0.3, 0.4) is 0 Å². The molecule has 0 unspecified atom stereocenters. The van der Waals surface area contributed by atoms with Gasteiger partial charge in [-0.25, -0.2) is 9.48 Å². The maximum Gasteiger partial charge on any atom is 0.335 e. The van der Waals surface area contributed by atoms with Gasteiger partial charge in [0.25, 0.3) is 5.56 Å². The summed E-state index contributed by atoms with van der Waals surface area (Å²) in [4.78, 5) is 35.1. The summed E-state index contributed by atoms with van der Waals surface area (Å²) in [6, 6.07) is 16.1. The van der Waals surface area contributed by atoms with Gasteiger partial charge in [0.2, 0.25) is 5.91 Å². The summed E-state index contributed by atoms with van der Waals surface area (Å²) in [5.41, 5.74) is 1.65. The van der Waals surface area contributed by atoms with Crippen molar-refractivity contribution in [1.82, 2.24) is 15.1 Å². The van der Waals surface area contributed by atoms with E-state index in [-0.39, 0.29) is 18.7 Å². The first kappa shape index (κ1) is 19.3. The first-order valence-electron chi connectivity index (χ1n) is 8.36. The molecular formula is C20H16ClN3O4. The molecule has 3 aromatic rings. The Labute approximate surface area is 165 Å². The van der Waals surface area contributed by atoms with Gasteiger partial charge >= 0.3 is 5.97 Å². The van der Waals surface area contributed by atoms with Crippen molar-refractivity contribution in [2.45, 2.75) is 13.1 Å². The van der Waals surface area contributed by atoms with E-state index in [1.807, 2.05) is 0 Å². The number of nitrogens with one attached hydrogen (secondary N) is 1. The Morgan fingerprint density at radius 3 is 2.43 bits per heavy atom. The zero-order valence-electron chi connectivity index (χ0n) is 14.6. The van der Waals surface area contributed by atoms with Crippen LogP contribution in [-0.4, -0.2) is 26.8 Å². The highest BCUT2D eigenvalue weighted by molar-refractivity contribution is 6.33. The molecule has 0 aliphatic heterocycles. The summed E-state index contributed by atoms with van der Waals surface area (Å²) in [6.45, 7) is -0.0397. The molecule has 7 nitrogen and oxygen atoms in total. The second-order valence-corrected chi connectivity index (χ2v) is 6.38. The Morgan fingerprint density at radius 2 is 1.75 bits per heavy atom. The van der Waals surface area contributed by atoms with Gasteiger partial charge < -0.3 is 10.4 Å². The molecule has 0 saturated heterocycles. The third-order valence-electron chi connectivity index (χ3n) is 4.00. The van der Waals surface area contributed by atoms with Crippen molar-refractivity contribution < 1.29 is 14.7 Å². The Kier molecular flexibility index (Phi) is 5.86. The minimum absolute atomic E-state index is 0.169. The van der Waals surface area contributed by atoms with Crippen molar-refractivity contribution in [2.24, 2.45) is 0 Å². The number of nitrogens with zero attached hydrogens (tertiary/aromatic N) is 2. The lowest BCUT2D eigenvalue weighted by molar-refractivity contribution is -0.122. The van der Waals surface area contributed by atoms with E-state index in [0.717, 1.165) is 10.2 Å². The van der Waals surface area contributed by atoms with Crippen molar-refractivity contribution in [3.05, 3.63) is 87.2 Å². The number of hydrogen-bond donors (Lipinski definition) is 2. The molecule has 1 amide bonds. The van der Waals surface area contributed by atoms with Gasteiger partial charge in [0, 0.05) is 18.2 Å². The molecule has 0 saturated carbocycles. The predicted octanol–water partition coefficient (Wildman–Crippen LogP) is 2.58. The largest absolute Gasteiger partial charge is 0.478 e. The smallest absolute Gasteiger partial charge is 0.335 e. The average molecular weight is 398 g/mol. The summed E-state index contributed by atoms with van der Waals surface area (Å²) in [5, 5.41) is 16.3. The quantitative estimate of drug-likeness (QED) is 0.665. The van der Waals surface area contributed by atoms with Crippen LogP contribution in [0, 0.1) is 0 Å². The van der Waals surface area contributed by atoms with Gasteiger partial charge in [-0.1, -0.05) is 41.9 Å². The summed E-state index contributed by atoms with van der Waals surface area (Å²) < 4.78 is 1.07. The number of hydrogen-bond acceptors (Lipinski definition) is 4. The van der Waals surface area contributed by atoms with Crippen molar-refractivity contribution in [1.29, 1.82) is 0 Å². The highest BCUT2D eigenvalue weighted by Gasteiger charge is 2.10. The van der Waals surface area contributed by atoms with Crippen LogP contribution in [0.1, 0.15) is 15.9 Å². The van der Waals surface area contributed by atoms with Crippen LogP contribution in [0.15, 0.2) is 65.5 Å². The predicted molar refractivity (Wildman–Crippen MR) is 104 cm³/mol. The van der Waals surface area contributed by atoms with Crippen LogP contribution in [0.25, 0.3) is 11.3 Å². The molecule has 0 aliphatic rings. The molecule has 0 atom stereocenters. The number of carboxylic acids is 1. The number of carbonyl (C=O) groups excluding carboxylic acids is 1. The minimum atomic E-state index is -1.01. The number of aromatic nitrogens is 2. The SMILES string of the molecule is O=C(Cn1nc(-c2ccccc2Cl)ccc1=O)NCc1ccc(C(=O)O)cc1. The summed E-state index contributed by atoms with van der Waals surface area (Å²) >= 11 is 6.16. The molecule has 0 aliphatic carbocycles. The number of benzene rings is 2. The maximum absolute atomic E-state index is 12.2. The van der Waals surface area contributed by atoms with Crippen LogP contribution in [0.5, 0.6) is 0 Å². The van der Waals surface area contributed by atoms with E-state index in [1.54, 1.807) is 42.5 Å². The topological polar surface area (TPSA) is 101 Å². The molecule has 1 aromatic heterocycles. The lowest BCUT2D eigenvalue weighted by Crippen LogP contribution is -2.33. The number of carboxylic acid groups (broad SMARTS) is 1. The Balaban J connectivity index is 1.68. The second kappa shape index (κ2) is 8.49. The molecule has 2 aromatic carbocycles. The van der Waals surface area contributed by atoms with Gasteiger partial charge in [-0.15, -0.1) is 0 Å². The van der Waals surface area contributed by atoms with Gasteiger partial charge in [0.15, 0.2) is 0 Å². The zero-order chi connectivity index (χ0) is 20.1. The van der Waals surface area contributed by atoms with Gasteiger partial charge in [0.1, 0.15) is 6.54 Å². The molecule has 8 heteroatoms. The van der Waals surface area contributed by atoms with E-state index in [2.05, 4.69) is 10.4 Å². The zero-order valence-corrected chi connectivity index (χ0v) is 15.4. The highest BCUT2D eigenvalue weighted by atomic mass is 35.5. The van der Waals surface area contributed by atoms with E-state index in [4.69, 9.17) is 16.7 Å². The van der Waals surface area contributed by atoms with E-state index >= 15 is 0 Å². The van der Waals surface area contributed by atoms with Crippen LogP contribution in [0.2, 0.25) is 5.02 Å². The summed E-state index contributed by atoms with van der Waals surface area (Å²) in [5.74, 6) is -1.41. The summed E-state index contributed by atoms with van der Waals surface area (Å²) in [6.07, 6.45) is 0. The number of amides is 1. The monoisotopic (exact) mass is 397 g/mol. The molecule has 0 spiro atoms. The fourth-order valence-electron chi connectivity index (χ4n) is 2.53. The van der Waals surface area contributed by atoms with Crippen LogP contribution >= 0.6 is 11.6 Å². The Bertz CT molecular complexity index is 1080. The first-order chi connectivity index (χ1) is 13.4.